The highest BCUT2D eigenvalue weighted by Crippen LogP contribution is 2.65. The van der Waals surface area contributed by atoms with E-state index in [4.69, 9.17) is 23.2 Å². The molecule has 3 fully saturated rings. The molecule has 6 unspecified atom stereocenters. The van der Waals surface area contributed by atoms with Gasteiger partial charge in [0.2, 0.25) is 11.8 Å². The van der Waals surface area contributed by atoms with Gasteiger partial charge in [-0.1, -0.05) is 83.4 Å². The number of carbonyl (C=O) groups excluding carboxylic acids is 4. The third kappa shape index (κ3) is 4.87. The number of hydrazine groups is 1. The zero-order chi connectivity index (χ0) is 37.6. The first-order valence-corrected chi connectivity index (χ1v) is 18.5. The molecule has 2 heterocycles. The SMILES string of the molecule is Cc1ccc(N2C(=O)C3CC=C4C(CC5C(=O)N(Nc6ccc(F)cc6)C(=O)C5(c5ccc(Cl)cc5)C4c4c(O)ccc5ccccc45)C3C2=O)cc1Cl. The van der Waals surface area contributed by atoms with E-state index in [-0.39, 0.29) is 24.5 Å². The Labute approximate surface area is 319 Å². The van der Waals surface area contributed by atoms with Crippen LogP contribution in [0, 0.1) is 36.4 Å². The van der Waals surface area contributed by atoms with Crippen LogP contribution in [-0.4, -0.2) is 33.7 Å². The summed E-state index contributed by atoms with van der Waals surface area (Å²) in [5.74, 6) is -6.68. The number of imide groups is 2. The van der Waals surface area contributed by atoms with Crippen molar-refractivity contribution in [1.82, 2.24) is 5.01 Å². The maximum Gasteiger partial charge on any atom is 0.260 e. The lowest BCUT2D eigenvalue weighted by molar-refractivity contribution is -0.138. The van der Waals surface area contributed by atoms with Crippen molar-refractivity contribution in [1.29, 1.82) is 0 Å². The Morgan fingerprint density at radius 3 is 2.31 bits per heavy atom. The van der Waals surface area contributed by atoms with Crippen LogP contribution in [0.5, 0.6) is 5.75 Å². The van der Waals surface area contributed by atoms with E-state index in [9.17, 15) is 23.9 Å². The van der Waals surface area contributed by atoms with Crippen LogP contribution in [0.15, 0.2) is 115 Å². The number of anilines is 2. The number of benzene rings is 5. The third-order valence-electron chi connectivity index (χ3n) is 11.9. The number of allylic oxidation sites excluding steroid dienone is 2. The number of rotatable bonds is 5. The van der Waals surface area contributed by atoms with Gasteiger partial charge in [0.25, 0.3) is 11.8 Å². The highest BCUT2D eigenvalue weighted by atomic mass is 35.5. The Kier molecular flexibility index (Phi) is 7.95. The van der Waals surface area contributed by atoms with Gasteiger partial charge in [-0.15, -0.1) is 0 Å². The number of nitrogens with zero attached hydrogens (tertiary/aromatic N) is 2. The average molecular weight is 761 g/mol. The number of hydrogen-bond acceptors (Lipinski definition) is 6. The first-order valence-electron chi connectivity index (χ1n) is 17.7. The quantitative estimate of drug-likeness (QED) is 0.138. The minimum Gasteiger partial charge on any atom is -0.508 e. The van der Waals surface area contributed by atoms with E-state index in [1.165, 1.54) is 29.2 Å². The molecule has 2 N–H and O–H groups in total. The summed E-state index contributed by atoms with van der Waals surface area (Å²) in [7, 11) is 0. The van der Waals surface area contributed by atoms with Crippen LogP contribution in [0.4, 0.5) is 15.8 Å². The summed E-state index contributed by atoms with van der Waals surface area (Å²) in [4.78, 5) is 60.4. The largest absolute Gasteiger partial charge is 0.508 e. The van der Waals surface area contributed by atoms with Crippen molar-refractivity contribution in [3.8, 4) is 5.75 Å². The molecule has 0 aromatic heterocycles. The molecule has 270 valence electrons. The number of halogens is 3. The van der Waals surface area contributed by atoms with Crippen LogP contribution in [0.1, 0.15) is 35.4 Å². The van der Waals surface area contributed by atoms with Crippen LogP contribution < -0.4 is 10.3 Å². The van der Waals surface area contributed by atoms with Gasteiger partial charge in [-0.3, -0.25) is 24.6 Å². The summed E-state index contributed by atoms with van der Waals surface area (Å²) < 4.78 is 13.9. The molecule has 0 spiro atoms. The highest BCUT2D eigenvalue weighted by molar-refractivity contribution is 6.32. The lowest BCUT2D eigenvalue weighted by atomic mass is 9.48. The summed E-state index contributed by atoms with van der Waals surface area (Å²) in [6.45, 7) is 1.83. The second-order valence-electron chi connectivity index (χ2n) is 14.5. The number of aromatic hydroxyl groups is 1. The van der Waals surface area contributed by atoms with Crippen molar-refractivity contribution in [3.63, 3.8) is 0 Å². The lowest BCUT2D eigenvalue weighted by Gasteiger charge is -2.51. The smallest absolute Gasteiger partial charge is 0.260 e. The second kappa shape index (κ2) is 12.5. The van der Waals surface area contributed by atoms with Gasteiger partial charge in [0.05, 0.1) is 34.5 Å². The van der Waals surface area contributed by atoms with E-state index >= 15 is 4.79 Å². The van der Waals surface area contributed by atoms with Crippen molar-refractivity contribution >= 4 is 69.0 Å². The molecule has 2 aliphatic carbocycles. The van der Waals surface area contributed by atoms with Crippen molar-refractivity contribution in [3.05, 3.63) is 147 Å². The zero-order valence-electron chi connectivity index (χ0n) is 28.8. The zero-order valence-corrected chi connectivity index (χ0v) is 30.3. The number of nitrogens with one attached hydrogen (secondary N) is 1. The Bertz CT molecular complexity index is 2470. The van der Waals surface area contributed by atoms with Gasteiger partial charge < -0.3 is 5.11 Å². The molecule has 9 rings (SSSR count). The van der Waals surface area contributed by atoms with Crippen LogP contribution in [0.3, 0.4) is 0 Å². The Morgan fingerprint density at radius 2 is 1.57 bits per heavy atom. The molecule has 5 aromatic rings. The molecule has 0 bridgehead atoms. The van der Waals surface area contributed by atoms with E-state index in [0.29, 0.717) is 43.5 Å². The number of amides is 4. The fourth-order valence-electron chi connectivity index (χ4n) is 9.53. The molecule has 4 aliphatic rings. The number of carbonyl (C=O) groups is 4. The standard InChI is InChI=1S/C43H32Cl2FN3O5/c1-22-6-16-28(20-34(22)45)48-39(51)31-18-17-30-32(36(31)41(48)53)21-33-40(52)49(47-27-14-12-26(46)13-15-27)42(54)43(33,24-8-10-25(44)11-9-24)38(30)37-29-5-3-2-4-23(29)7-19-35(37)50/h2-17,19-20,31-33,36,38,47,50H,18,21H2,1H3. The minimum atomic E-state index is -1.64. The van der Waals surface area contributed by atoms with Gasteiger partial charge in [-0.2, -0.15) is 5.01 Å². The summed E-state index contributed by atoms with van der Waals surface area (Å²) in [5.41, 5.74) is 4.43. The Hall–Kier alpha value is -5.51. The van der Waals surface area contributed by atoms with Crippen molar-refractivity contribution < 1.29 is 28.7 Å². The molecule has 54 heavy (non-hydrogen) atoms. The van der Waals surface area contributed by atoms with Gasteiger partial charge in [0.15, 0.2) is 0 Å². The maximum absolute atomic E-state index is 15.5. The lowest BCUT2D eigenvalue weighted by Crippen LogP contribution is -2.53. The Morgan fingerprint density at radius 1 is 0.833 bits per heavy atom. The number of phenols is 1. The van der Waals surface area contributed by atoms with Gasteiger partial charge in [-0.25, -0.2) is 9.29 Å². The van der Waals surface area contributed by atoms with Crippen LogP contribution >= 0.6 is 23.2 Å². The fourth-order valence-corrected chi connectivity index (χ4v) is 9.83. The number of hydrogen-bond donors (Lipinski definition) is 2. The molecular weight excluding hydrogens is 728 g/mol. The topological polar surface area (TPSA) is 107 Å². The van der Waals surface area contributed by atoms with Crippen LogP contribution in [0.2, 0.25) is 10.0 Å². The van der Waals surface area contributed by atoms with Crippen LogP contribution in [-0.2, 0) is 24.6 Å². The highest BCUT2D eigenvalue weighted by Gasteiger charge is 2.71. The van der Waals surface area contributed by atoms with E-state index in [0.717, 1.165) is 16.0 Å². The summed E-state index contributed by atoms with van der Waals surface area (Å²) in [6.07, 6.45) is 2.21. The molecule has 5 aromatic carbocycles. The number of fused-ring (bicyclic) bond motifs is 5. The van der Waals surface area contributed by atoms with E-state index in [1.807, 2.05) is 37.3 Å². The Balaban J connectivity index is 1.28. The molecule has 6 atom stereocenters. The minimum absolute atomic E-state index is 0.0609. The molecule has 0 radical (unpaired) electrons. The van der Waals surface area contributed by atoms with Crippen molar-refractivity contribution in [2.24, 2.45) is 23.7 Å². The second-order valence-corrected chi connectivity index (χ2v) is 15.4. The van der Waals surface area contributed by atoms with Gasteiger partial charge in [0, 0.05) is 21.5 Å². The summed E-state index contributed by atoms with van der Waals surface area (Å²) in [6, 6.07) is 28.1. The first-order chi connectivity index (χ1) is 26.0. The molecule has 4 amide bonds. The normalized spacial score (nSPS) is 26.1. The number of phenolic OH excluding ortho intramolecular Hbond substituents is 1. The summed E-state index contributed by atoms with van der Waals surface area (Å²) in [5, 5.41) is 15.2. The predicted molar refractivity (Wildman–Crippen MR) is 203 cm³/mol. The first kappa shape index (κ1) is 34.3. The van der Waals surface area contributed by atoms with Crippen molar-refractivity contribution in [2.45, 2.75) is 31.1 Å². The van der Waals surface area contributed by atoms with Crippen molar-refractivity contribution in [2.75, 3.05) is 10.3 Å². The average Bonchev–Trinajstić information content (AvgIpc) is 3.55. The predicted octanol–water partition coefficient (Wildman–Crippen LogP) is 8.49. The molecule has 2 saturated heterocycles. The van der Waals surface area contributed by atoms with E-state index in [2.05, 4.69) is 5.43 Å². The van der Waals surface area contributed by atoms with E-state index in [1.54, 1.807) is 54.6 Å². The molecule has 2 aliphatic heterocycles. The molecule has 1 saturated carbocycles. The van der Waals surface area contributed by atoms with E-state index < -0.39 is 58.5 Å². The molecule has 8 nitrogen and oxygen atoms in total. The number of aryl methyl sites for hydroxylation is 1. The third-order valence-corrected chi connectivity index (χ3v) is 12.6. The van der Waals surface area contributed by atoms with Gasteiger partial charge in [0.1, 0.15) is 11.6 Å². The monoisotopic (exact) mass is 759 g/mol. The summed E-state index contributed by atoms with van der Waals surface area (Å²) >= 11 is 12.9. The molecule has 11 heteroatoms. The maximum atomic E-state index is 15.5. The van der Waals surface area contributed by atoms with Crippen LogP contribution in [0.25, 0.3) is 10.8 Å². The fraction of sp³-hybridized carbons (Fsp3) is 0.209. The van der Waals surface area contributed by atoms with Gasteiger partial charge in [-0.05, 0) is 102 Å². The molecular formula is C43H32Cl2FN3O5. The van der Waals surface area contributed by atoms with Gasteiger partial charge >= 0.3 is 0 Å².